The predicted octanol–water partition coefficient (Wildman–Crippen LogP) is 6.47. The minimum absolute atomic E-state index is 0.142. The van der Waals surface area contributed by atoms with Gasteiger partial charge in [0.2, 0.25) is 5.69 Å². The molecule has 0 atom stereocenters. The van der Waals surface area contributed by atoms with Gasteiger partial charge in [0.05, 0.1) is 11.3 Å². The number of fused-ring (bicyclic) bond motifs is 3. The summed E-state index contributed by atoms with van der Waals surface area (Å²) < 4.78 is 2.29. The summed E-state index contributed by atoms with van der Waals surface area (Å²) in [7, 11) is 2.16. The van der Waals surface area contributed by atoms with Crippen molar-refractivity contribution in [1.82, 2.24) is 4.98 Å². The summed E-state index contributed by atoms with van der Waals surface area (Å²) in [5.41, 5.74) is 13.8. The first kappa shape index (κ1) is 19.7. The molecule has 0 fully saturated rings. The van der Waals surface area contributed by atoms with Gasteiger partial charge >= 0.3 is 0 Å². The molecule has 0 saturated heterocycles. The lowest BCUT2D eigenvalue weighted by Crippen LogP contribution is -2.32. The molecule has 0 radical (unpaired) electrons. The summed E-state index contributed by atoms with van der Waals surface area (Å²) in [4.78, 5) is 4.97. The van der Waals surface area contributed by atoms with Gasteiger partial charge in [0.25, 0.3) is 0 Å². The van der Waals surface area contributed by atoms with Crippen molar-refractivity contribution in [3.05, 3.63) is 94.9 Å². The maximum atomic E-state index is 4.97. The van der Waals surface area contributed by atoms with E-state index in [1.165, 1.54) is 55.9 Å². The van der Waals surface area contributed by atoms with Crippen molar-refractivity contribution in [3.63, 3.8) is 0 Å². The van der Waals surface area contributed by atoms with E-state index in [1.807, 2.05) is 0 Å². The monoisotopic (exact) mass is 405 g/mol. The lowest BCUT2D eigenvalue weighted by Gasteiger charge is -2.24. The van der Waals surface area contributed by atoms with Crippen LogP contribution in [0.4, 0.5) is 0 Å². The maximum Gasteiger partial charge on any atom is 0.213 e. The molecule has 2 heteroatoms. The van der Waals surface area contributed by atoms with E-state index in [0.717, 1.165) is 5.69 Å². The van der Waals surface area contributed by atoms with E-state index in [0.29, 0.717) is 0 Å². The van der Waals surface area contributed by atoms with Gasteiger partial charge in [-0.3, -0.25) is 4.98 Å². The number of hydrogen-bond donors (Lipinski definition) is 0. The van der Waals surface area contributed by atoms with E-state index in [9.17, 15) is 0 Å². The molecule has 154 valence electrons. The molecule has 0 unspecified atom stereocenters. The first-order valence-corrected chi connectivity index (χ1v) is 11.0. The lowest BCUT2D eigenvalue weighted by molar-refractivity contribution is -0.660. The first-order chi connectivity index (χ1) is 14.8. The van der Waals surface area contributed by atoms with Crippen LogP contribution < -0.4 is 4.57 Å². The van der Waals surface area contributed by atoms with E-state index in [-0.39, 0.29) is 5.41 Å². The predicted molar refractivity (Wildman–Crippen MR) is 128 cm³/mol. The molecule has 0 amide bonds. The Bertz CT molecular complexity index is 1330. The van der Waals surface area contributed by atoms with Gasteiger partial charge < -0.3 is 0 Å². The van der Waals surface area contributed by atoms with Crippen molar-refractivity contribution in [2.75, 3.05) is 0 Å². The zero-order valence-corrected chi connectivity index (χ0v) is 19.2. The number of nitrogens with zero attached hydrogens (tertiary/aromatic N) is 2. The van der Waals surface area contributed by atoms with Crippen molar-refractivity contribution in [2.24, 2.45) is 7.05 Å². The van der Waals surface area contributed by atoms with Crippen LogP contribution in [0.3, 0.4) is 0 Å². The summed E-state index contributed by atoms with van der Waals surface area (Å²) in [5, 5.41) is 0. The molecule has 31 heavy (non-hydrogen) atoms. The van der Waals surface area contributed by atoms with Crippen molar-refractivity contribution in [1.29, 1.82) is 0 Å². The highest BCUT2D eigenvalue weighted by Gasteiger charge is 2.41. The van der Waals surface area contributed by atoms with Gasteiger partial charge in [-0.2, -0.15) is 0 Å². The molecule has 2 aromatic carbocycles. The van der Waals surface area contributed by atoms with Gasteiger partial charge in [0.15, 0.2) is 6.20 Å². The fraction of sp³-hybridized carbons (Fsp3) is 0.241. The van der Waals surface area contributed by atoms with E-state index in [4.69, 9.17) is 4.98 Å². The fourth-order valence-electron chi connectivity index (χ4n) is 5.20. The summed E-state index contributed by atoms with van der Waals surface area (Å²) in [6, 6.07) is 21.9. The largest absolute Gasteiger partial charge is 0.257 e. The van der Waals surface area contributed by atoms with Gasteiger partial charge in [0, 0.05) is 28.3 Å². The number of hydrogen-bond acceptors (Lipinski definition) is 1. The molecule has 0 spiro atoms. The highest BCUT2D eigenvalue weighted by Crippen LogP contribution is 2.52. The molecule has 4 aromatic rings. The van der Waals surface area contributed by atoms with Crippen LogP contribution in [0.2, 0.25) is 0 Å². The highest BCUT2D eigenvalue weighted by molar-refractivity contribution is 5.87. The van der Waals surface area contributed by atoms with Gasteiger partial charge in [-0.15, -0.1) is 0 Å². The molecule has 0 bridgehead atoms. The second kappa shape index (κ2) is 6.88. The maximum absolute atomic E-state index is 4.97. The van der Waals surface area contributed by atoms with E-state index >= 15 is 0 Å². The molecule has 2 nitrogen and oxygen atoms in total. The third-order valence-electron chi connectivity index (χ3n) is 6.78. The van der Waals surface area contributed by atoms with Crippen LogP contribution in [-0.4, -0.2) is 4.98 Å². The molecular formula is C29H29N2+. The zero-order valence-electron chi connectivity index (χ0n) is 19.2. The summed E-state index contributed by atoms with van der Waals surface area (Å²) in [5.74, 6) is 0. The molecule has 5 rings (SSSR count). The van der Waals surface area contributed by atoms with Gasteiger partial charge in [-0.05, 0) is 54.7 Å². The second-order valence-corrected chi connectivity index (χ2v) is 9.39. The molecule has 1 aliphatic rings. The molecule has 2 aromatic heterocycles. The molecule has 0 N–H and O–H groups in total. The standard InChI is InChI=1S/C29H29N2/c1-18-12-14-22-23-15-13-20(3)30-28(23)29(4,5)27(22)26(18)25-16-19(2)24(17-31(25)6)21-10-8-7-9-11-21/h7-17H,1-6H3/q+1. The molecule has 0 saturated carbocycles. The van der Waals surface area contributed by atoms with Crippen molar-refractivity contribution < 1.29 is 4.57 Å². The fourth-order valence-corrected chi connectivity index (χ4v) is 5.20. The van der Waals surface area contributed by atoms with Crippen molar-refractivity contribution >= 4 is 0 Å². The van der Waals surface area contributed by atoms with Crippen LogP contribution in [0.15, 0.2) is 66.9 Å². The number of pyridine rings is 2. The Morgan fingerprint density at radius 1 is 0.774 bits per heavy atom. The highest BCUT2D eigenvalue weighted by atomic mass is 14.9. The van der Waals surface area contributed by atoms with Crippen LogP contribution in [0, 0.1) is 20.8 Å². The van der Waals surface area contributed by atoms with Crippen LogP contribution in [0.25, 0.3) is 33.5 Å². The van der Waals surface area contributed by atoms with Crippen LogP contribution in [0.5, 0.6) is 0 Å². The third-order valence-corrected chi connectivity index (χ3v) is 6.78. The van der Waals surface area contributed by atoms with Crippen molar-refractivity contribution in [3.8, 4) is 33.5 Å². The molecule has 2 heterocycles. The number of benzene rings is 2. The average Bonchev–Trinajstić information content (AvgIpc) is 2.97. The second-order valence-electron chi connectivity index (χ2n) is 9.39. The third kappa shape index (κ3) is 2.93. The number of aromatic nitrogens is 2. The quantitative estimate of drug-likeness (QED) is 0.349. The molecule has 0 aliphatic heterocycles. The minimum atomic E-state index is -0.142. The summed E-state index contributed by atoms with van der Waals surface area (Å²) in [6.45, 7) is 11.2. The Hall–Kier alpha value is -3.26. The first-order valence-electron chi connectivity index (χ1n) is 11.0. The Morgan fingerprint density at radius 2 is 1.48 bits per heavy atom. The van der Waals surface area contributed by atoms with Crippen LogP contribution in [0.1, 0.15) is 41.9 Å². The van der Waals surface area contributed by atoms with E-state index in [2.05, 4.69) is 113 Å². The van der Waals surface area contributed by atoms with Gasteiger partial charge in [0.1, 0.15) is 7.05 Å². The lowest BCUT2D eigenvalue weighted by atomic mass is 9.79. The Morgan fingerprint density at radius 3 is 2.23 bits per heavy atom. The average molecular weight is 406 g/mol. The van der Waals surface area contributed by atoms with Gasteiger partial charge in [-0.1, -0.05) is 62.4 Å². The summed E-state index contributed by atoms with van der Waals surface area (Å²) >= 11 is 0. The normalized spacial score (nSPS) is 13.7. The Kier molecular flexibility index (Phi) is 4.37. The molecular weight excluding hydrogens is 376 g/mol. The topological polar surface area (TPSA) is 16.8 Å². The van der Waals surface area contributed by atoms with Crippen LogP contribution >= 0.6 is 0 Å². The number of aryl methyl sites for hydroxylation is 4. The van der Waals surface area contributed by atoms with E-state index < -0.39 is 0 Å². The summed E-state index contributed by atoms with van der Waals surface area (Å²) in [6.07, 6.45) is 2.27. The Labute approximate surface area is 185 Å². The Balaban J connectivity index is 1.77. The molecule has 1 aliphatic carbocycles. The van der Waals surface area contributed by atoms with Crippen molar-refractivity contribution in [2.45, 2.75) is 40.0 Å². The van der Waals surface area contributed by atoms with Crippen LogP contribution in [-0.2, 0) is 12.5 Å². The minimum Gasteiger partial charge on any atom is -0.257 e. The van der Waals surface area contributed by atoms with E-state index in [1.54, 1.807) is 0 Å². The zero-order chi connectivity index (χ0) is 21.9. The number of rotatable bonds is 2. The SMILES string of the molecule is Cc1ccc2c(n1)C(C)(C)c1c-2ccc(C)c1-c1cc(C)c(-c2ccccc2)c[n+]1C. The smallest absolute Gasteiger partial charge is 0.213 e. The van der Waals surface area contributed by atoms with Gasteiger partial charge in [-0.25, -0.2) is 4.57 Å².